The van der Waals surface area contributed by atoms with E-state index in [1.807, 2.05) is 0 Å². The molecule has 0 fully saturated rings. The van der Waals surface area contributed by atoms with Crippen LogP contribution < -0.4 is 5.32 Å². The lowest BCUT2D eigenvalue weighted by molar-refractivity contribution is -0.115. The molecule has 1 aromatic rings. The van der Waals surface area contributed by atoms with E-state index >= 15 is 0 Å². The minimum Gasteiger partial charge on any atom is -0.326 e. The summed E-state index contributed by atoms with van der Waals surface area (Å²) in [5.41, 5.74) is 1.23. The molecule has 0 saturated heterocycles. The first-order chi connectivity index (χ1) is 6.26. The first kappa shape index (κ1) is 9.45. The summed E-state index contributed by atoms with van der Waals surface area (Å²) in [7, 11) is 0. The lowest BCUT2D eigenvalue weighted by Crippen LogP contribution is -2.09. The van der Waals surface area contributed by atoms with Gasteiger partial charge in [-0.25, -0.2) is 0 Å². The van der Waals surface area contributed by atoms with E-state index < -0.39 is 0 Å². The van der Waals surface area contributed by atoms with Crippen LogP contribution in [0.5, 0.6) is 0 Å². The van der Waals surface area contributed by atoms with Crippen molar-refractivity contribution in [2.75, 3.05) is 5.32 Å². The summed E-state index contributed by atoms with van der Waals surface area (Å²) in [6.07, 6.45) is 1.19. The number of carbonyl (C=O) groups excluding carboxylic acids is 2. The third-order valence-corrected chi connectivity index (χ3v) is 1.63. The number of rotatable bonds is 3. The molecule has 0 aliphatic carbocycles. The van der Waals surface area contributed by atoms with Crippen molar-refractivity contribution in [2.45, 2.75) is 13.3 Å². The first-order valence-corrected chi connectivity index (χ1v) is 4.11. The van der Waals surface area contributed by atoms with E-state index in [0.29, 0.717) is 17.7 Å². The molecule has 0 bridgehead atoms. The topological polar surface area (TPSA) is 46.2 Å². The summed E-state index contributed by atoms with van der Waals surface area (Å²) in [6.45, 7) is 1.78. The zero-order valence-electron chi connectivity index (χ0n) is 7.41. The zero-order chi connectivity index (χ0) is 9.68. The highest BCUT2D eigenvalue weighted by atomic mass is 16.1. The van der Waals surface area contributed by atoms with Crippen LogP contribution in [0.15, 0.2) is 24.3 Å². The molecule has 1 amide bonds. The van der Waals surface area contributed by atoms with Crippen LogP contribution in [-0.4, -0.2) is 12.2 Å². The zero-order valence-corrected chi connectivity index (χ0v) is 7.41. The lowest BCUT2D eigenvalue weighted by atomic mass is 10.2. The van der Waals surface area contributed by atoms with Gasteiger partial charge in [-0.05, 0) is 12.1 Å². The maximum Gasteiger partial charge on any atom is 0.224 e. The van der Waals surface area contributed by atoms with E-state index in [9.17, 15) is 9.59 Å². The molecule has 0 heterocycles. The molecular weight excluding hydrogens is 166 g/mol. The Hall–Kier alpha value is -1.64. The van der Waals surface area contributed by atoms with Crippen molar-refractivity contribution < 1.29 is 9.59 Å². The average molecular weight is 177 g/mol. The minimum absolute atomic E-state index is 0.0527. The summed E-state index contributed by atoms with van der Waals surface area (Å²) >= 11 is 0. The molecule has 13 heavy (non-hydrogen) atoms. The van der Waals surface area contributed by atoms with Crippen LogP contribution >= 0.6 is 0 Å². The van der Waals surface area contributed by atoms with Crippen LogP contribution in [0.3, 0.4) is 0 Å². The number of anilines is 1. The predicted molar refractivity (Wildman–Crippen MR) is 50.8 cm³/mol. The fourth-order valence-corrected chi connectivity index (χ4v) is 0.939. The molecule has 0 atom stereocenters. The monoisotopic (exact) mass is 177 g/mol. The van der Waals surface area contributed by atoms with Gasteiger partial charge in [0.25, 0.3) is 0 Å². The highest BCUT2D eigenvalue weighted by Crippen LogP contribution is 2.08. The second kappa shape index (κ2) is 4.40. The van der Waals surface area contributed by atoms with Crippen molar-refractivity contribution in [3.05, 3.63) is 29.8 Å². The second-order valence-corrected chi connectivity index (χ2v) is 2.65. The molecular formula is C10H11NO2. The summed E-state index contributed by atoms with van der Waals surface area (Å²) < 4.78 is 0. The number of nitrogens with one attached hydrogen (secondary N) is 1. The van der Waals surface area contributed by atoms with Crippen molar-refractivity contribution in [1.82, 2.24) is 0 Å². The summed E-state index contributed by atoms with van der Waals surface area (Å²) in [5, 5.41) is 2.67. The van der Waals surface area contributed by atoms with E-state index in [1.54, 1.807) is 31.2 Å². The Morgan fingerprint density at radius 3 is 2.92 bits per heavy atom. The Balaban J connectivity index is 2.77. The molecule has 3 heteroatoms. The van der Waals surface area contributed by atoms with Gasteiger partial charge in [-0.1, -0.05) is 19.1 Å². The molecule has 0 spiro atoms. The van der Waals surface area contributed by atoms with E-state index in [-0.39, 0.29) is 5.91 Å². The van der Waals surface area contributed by atoms with Gasteiger partial charge in [0.1, 0.15) is 6.29 Å². The van der Waals surface area contributed by atoms with Crippen LogP contribution in [0.25, 0.3) is 0 Å². The van der Waals surface area contributed by atoms with E-state index in [4.69, 9.17) is 0 Å². The standard InChI is InChI=1S/C10H11NO2/c1-2-10(13)11-9-5-3-4-8(6-9)7-12/h3-7H,2H2,1H3,(H,11,13). The van der Waals surface area contributed by atoms with Gasteiger partial charge in [-0.2, -0.15) is 0 Å². The minimum atomic E-state index is -0.0527. The van der Waals surface area contributed by atoms with Crippen LogP contribution in [-0.2, 0) is 4.79 Å². The number of hydrogen-bond donors (Lipinski definition) is 1. The Bertz CT molecular complexity index is 320. The third kappa shape index (κ3) is 2.71. The average Bonchev–Trinajstić information content (AvgIpc) is 2.18. The van der Waals surface area contributed by atoms with Gasteiger partial charge in [-0.3, -0.25) is 9.59 Å². The van der Waals surface area contributed by atoms with Crippen LogP contribution in [0, 0.1) is 0 Å². The smallest absolute Gasteiger partial charge is 0.224 e. The van der Waals surface area contributed by atoms with Crippen molar-refractivity contribution in [3.8, 4) is 0 Å². The van der Waals surface area contributed by atoms with E-state index in [1.165, 1.54) is 0 Å². The maximum atomic E-state index is 11.0. The first-order valence-electron chi connectivity index (χ1n) is 4.11. The predicted octanol–water partition coefficient (Wildman–Crippen LogP) is 1.85. The number of benzene rings is 1. The molecule has 1 N–H and O–H groups in total. The van der Waals surface area contributed by atoms with E-state index in [0.717, 1.165) is 6.29 Å². The van der Waals surface area contributed by atoms with Crippen molar-refractivity contribution in [3.63, 3.8) is 0 Å². The molecule has 1 aromatic carbocycles. The van der Waals surface area contributed by atoms with Gasteiger partial charge in [0, 0.05) is 17.7 Å². The van der Waals surface area contributed by atoms with Crippen molar-refractivity contribution in [1.29, 1.82) is 0 Å². The van der Waals surface area contributed by atoms with E-state index in [2.05, 4.69) is 5.32 Å². The normalized spacial score (nSPS) is 9.31. The molecule has 0 saturated carbocycles. The maximum absolute atomic E-state index is 11.0. The molecule has 0 aliphatic heterocycles. The van der Waals surface area contributed by atoms with Crippen LogP contribution in [0.1, 0.15) is 23.7 Å². The van der Waals surface area contributed by atoms with Crippen molar-refractivity contribution in [2.24, 2.45) is 0 Å². The highest BCUT2D eigenvalue weighted by Gasteiger charge is 1.98. The second-order valence-electron chi connectivity index (χ2n) is 2.65. The molecule has 68 valence electrons. The largest absolute Gasteiger partial charge is 0.326 e. The molecule has 3 nitrogen and oxygen atoms in total. The van der Waals surface area contributed by atoms with Crippen LogP contribution in [0.4, 0.5) is 5.69 Å². The van der Waals surface area contributed by atoms with Crippen LogP contribution in [0.2, 0.25) is 0 Å². The molecule has 0 aliphatic rings. The quantitative estimate of drug-likeness (QED) is 0.716. The van der Waals surface area contributed by atoms with Gasteiger partial charge < -0.3 is 5.32 Å². The Morgan fingerprint density at radius 1 is 1.54 bits per heavy atom. The summed E-state index contributed by atoms with van der Waals surface area (Å²) in [6, 6.07) is 6.81. The Morgan fingerprint density at radius 2 is 2.31 bits per heavy atom. The number of carbonyl (C=O) groups is 2. The highest BCUT2D eigenvalue weighted by molar-refractivity contribution is 5.91. The van der Waals surface area contributed by atoms with Crippen molar-refractivity contribution >= 4 is 17.9 Å². The fourth-order valence-electron chi connectivity index (χ4n) is 0.939. The Kier molecular flexibility index (Phi) is 3.20. The molecule has 0 radical (unpaired) electrons. The Labute approximate surface area is 76.8 Å². The number of hydrogen-bond acceptors (Lipinski definition) is 2. The lowest BCUT2D eigenvalue weighted by Gasteiger charge is -2.02. The number of amides is 1. The van der Waals surface area contributed by atoms with Gasteiger partial charge in [0.05, 0.1) is 0 Å². The molecule has 0 unspecified atom stereocenters. The van der Waals surface area contributed by atoms with Gasteiger partial charge >= 0.3 is 0 Å². The third-order valence-electron chi connectivity index (χ3n) is 1.63. The van der Waals surface area contributed by atoms with Gasteiger partial charge in [0.15, 0.2) is 0 Å². The summed E-state index contributed by atoms with van der Waals surface area (Å²) in [4.78, 5) is 21.4. The number of aldehydes is 1. The van der Waals surface area contributed by atoms with Gasteiger partial charge in [0.2, 0.25) is 5.91 Å². The molecule has 0 aromatic heterocycles. The SMILES string of the molecule is CCC(=O)Nc1cccc(C=O)c1. The molecule has 1 rings (SSSR count). The fraction of sp³-hybridized carbons (Fsp3) is 0.200. The van der Waals surface area contributed by atoms with Gasteiger partial charge in [-0.15, -0.1) is 0 Å². The summed E-state index contributed by atoms with van der Waals surface area (Å²) in [5.74, 6) is -0.0527.